The smallest absolute Gasteiger partial charge is 0.236 e. The van der Waals surface area contributed by atoms with Gasteiger partial charge in [-0.2, -0.15) is 5.10 Å². The second kappa shape index (κ2) is 7.05. The Morgan fingerprint density at radius 1 is 1.32 bits per heavy atom. The number of hydrogen-bond donors (Lipinski definition) is 0. The molecular formula is C16H25N5O. The van der Waals surface area contributed by atoms with Crippen LogP contribution in [0.4, 0.5) is 5.82 Å². The summed E-state index contributed by atoms with van der Waals surface area (Å²) in [6.07, 6.45) is 6.27. The van der Waals surface area contributed by atoms with Crippen LogP contribution in [0.25, 0.3) is 0 Å². The van der Waals surface area contributed by atoms with E-state index in [0.717, 1.165) is 57.7 Å². The van der Waals surface area contributed by atoms with Crippen LogP contribution in [-0.2, 0) is 4.79 Å². The van der Waals surface area contributed by atoms with E-state index in [1.165, 1.54) is 0 Å². The molecule has 1 atom stereocenters. The summed E-state index contributed by atoms with van der Waals surface area (Å²) in [5, 5.41) is 8.17. The number of piperidine rings is 1. The molecule has 6 heteroatoms. The van der Waals surface area contributed by atoms with Crippen LogP contribution in [0.3, 0.4) is 0 Å². The van der Waals surface area contributed by atoms with E-state index >= 15 is 0 Å². The summed E-state index contributed by atoms with van der Waals surface area (Å²) in [5.41, 5.74) is 0. The molecule has 2 aliphatic heterocycles. The van der Waals surface area contributed by atoms with Crippen molar-refractivity contribution in [3.05, 3.63) is 18.3 Å². The first kappa shape index (κ1) is 15.2. The van der Waals surface area contributed by atoms with Gasteiger partial charge in [-0.25, -0.2) is 0 Å². The van der Waals surface area contributed by atoms with Crippen molar-refractivity contribution in [3.63, 3.8) is 0 Å². The zero-order chi connectivity index (χ0) is 15.4. The van der Waals surface area contributed by atoms with Crippen LogP contribution in [0.15, 0.2) is 18.3 Å². The van der Waals surface area contributed by atoms with Crippen LogP contribution in [0.2, 0.25) is 0 Å². The number of carbonyl (C=O) groups excluding carboxylic acids is 1. The molecule has 0 radical (unpaired) electrons. The second-order valence-corrected chi connectivity index (χ2v) is 6.33. The quantitative estimate of drug-likeness (QED) is 0.830. The van der Waals surface area contributed by atoms with Crippen molar-refractivity contribution in [2.45, 2.75) is 31.7 Å². The first-order valence-corrected chi connectivity index (χ1v) is 8.25. The van der Waals surface area contributed by atoms with Crippen molar-refractivity contribution in [1.29, 1.82) is 0 Å². The zero-order valence-electron chi connectivity index (χ0n) is 13.3. The zero-order valence-corrected chi connectivity index (χ0v) is 13.3. The maximum atomic E-state index is 12.3. The molecular weight excluding hydrogens is 278 g/mol. The van der Waals surface area contributed by atoms with E-state index in [0.29, 0.717) is 12.6 Å². The molecule has 1 amide bonds. The van der Waals surface area contributed by atoms with Gasteiger partial charge in [0.2, 0.25) is 5.91 Å². The van der Waals surface area contributed by atoms with E-state index in [1.54, 1.807) is 6.20 Å². The number of likely N-dealkylation sites (tertiary alicyclic amines) is 1. The van der Waals surface area contributed by atoms with Crippen molar-refractivity contribution < 1.29 is 4.79 Å². The topological polar surface area (TPSA) is 52.6 Å². The monoisotopic (exact) mass is 303 g/mol. The van der Waals surface area contributed by atoms with Gasteiger partial charge in [0.15, 0.2) is 5.82 Å². The number of nitrogens with zero attached hydrogens (tertiary/aromatic N) is 5. The molecule has 2 aliphatic rings. The van der Waals surface area contributed by atoms with Crippen LogP contribution >= 0.6 is 0 Å². The van der Waals surface area contributed by atoms with E-state index in [2.05, 4.69) is 27.0 Å². The second-order valence-electron chi connectivity index (χ2n) is 6.33. The first-order valence-electron chi connectivity index (χ1n) is 8.25. The van der Waals surface area contributed by atoms with Crippen molar-refractivity contribution in [3.8, 4) is 0 Å². The first-order chi connectivity index (χ1) is 10.7. The molecule has 0 spiro atoms. The minimum atomic E-state index is 0.275. The Morgan fingerprint density at radius 2 is 2.14 bits per heavy atom. The summed E-state index contributed by atoms with van der Waals surface area (Å²) in [6.45, 7) is 4.33. The van der Waals surface area contributed by atoms with Crippen molar-refractivity contribution in [1.82, 2.24) is 20.0 Å². The van der Waals surface area contributed by atoms with E-state index in [9.17, 15) is 4.79 Å². The fourth-order valence-electron chi connectivity index (χ4n) is 3.39. The lowest BCUT2D eigenvalue weighted by atomic mass is 10.0. The van der Waals surface area contributed by atoms with Crippen LogP contribution < -0.4 is 4.90 Å². The molecule has 6 nitrogen and oxygen atoms in total. The Labute approximate surface area is 132 Å². The molecule has 2 saturated heterocycles. The SMILES string of the molecule is CN(CC(=O)N1CCCC1)[C@H]1CCCN(c2cccnn2)C1. The summed E-state index contributed by atoms with van der Waals surface area (Å²) < 4.78 is 0. The highest BCUT2D eigenvalue weighted by molar-refractivity contribution is 5.78. The third-order valence-electron chi connectivity index (χ3n) is 4.75. The maximum absolute atomic E-state index is 12.3. The van der Waals surface area contributed by atoms with Crippen LogP contribution in [0.1, 0.15) is 25.7 Å². The predicted octanol–water partition coefficient (Wildman–Crippen LogP) is 1.000. The normalized spacial score (nSPS) is 22.4. The lowest BCUT2D eigenvalue weighted by molar-refractivity contribution is -0.131. The standard InChI is InChI=1S/C16H25N5O/c1-19(13-16(22)20-9-2-3-10-20)14-6-5-11-21(12-14)15-7-4-8-17-18-15/h4,7-8,14H,2-3,5-6,9-13H2,1H3/t14-/m0/s1. The minimum Gasteiger partial charge on any atom is -0.354 e. The van der Waals surface area contributed by atoms with Gasteiger partial charge in [0, 0.05) is 38.4 Å². The van der Waals surface area contributed by atoms with Crippen molar-refractivity contribution in [2.75, 3.05) is 44.7 Å². The number of carbonyl (C=O) groups is 1. The minimum absolute atomic E-state index is 0.275. The van der Waals surface area contributed by atoms with Gasteiger partial charge in [-0.15, -0.1) is 5.10 Å². The van der Waals surface area contributed by atoms with Crippen LogP contribution in [0.5, 0.6) is 0 Å². The van der Waals surface area contributed by atoms with Gasteiger partial charge < -0.3 is 9.80 Å². The highest BCUT2D eigenvalue weighted by Gasteiger charge is 2.27. The van der Waals surface area contributed by atoms with E-state index in [-0.39, 0.29) is 5.91 Å². The average Bonchev–Trinajstić information content (AvgIpc) is 3.10. The number of rotatable bonds is 4. The third-order valence-corrected chi connectivity index (χ3v) is 4.75. The Hall–Kier alpha value is -1.69. The fraction of sp³-hybridized carbons (Fsp3) is 0.688. The summed E-state index contributed by atoms with van der Waals surface area (Å²) in [6, 6.07) is 4.33. The molecule has 1 aromatic heterocycles. The molecule has 2 fully saturated rings. The molecule has 22 heavy (non-hydrogen) atoms. The summed E-state index contributed by atoms with van der Waals surface area (Å²) >= 11 is 0. The molecule has 1 aromatic rings. The summed E-state index contributed by atoms with van der Waals surface area (Å²) in [5.74, 6) is 1.21. The van der Waals surface area contributed by atoms with Gasteiger partial charge in [-0.3, -0.25) is 9.69 Å². The van der Waals surface area contributed by atoms with Gasteiger partial charge in [-0.05, 0) is 44.9 Å². The molecule has 0 bridgehead atoms. The Kier molecular flexibility index (Phi) is 4.87. The number of hydrogen-bond acceptors (Lipinski definition) is 5. The fourth-order valence-corrected chi connectivity index (χ4v) is 3.39. The van der Waals surface area contributed by atoms with E-state index in [1.807, 2.05) is 17.0 Å². The van der Waals surface area contributed by atoms with Gasteiger partial charge >= 0.3 is 0 Å². The molecule has 3 heterocycles. The van der Waals surface area contributed by atoms with Gasteiger partial charge in [0.1, 0.15) is 0 Å². The number of likely N-dealkylation sites (N-methyl/N-ethyl adjacent to an activating group) is 1. The molecule has 0 aromatic carbocycles. The van der Waals surface area contributed by atoms with Gasteiger partial charge in [0.25, 0.3) is 0 Å². The summed E-state index contributed by atoms with van der Waals surface area (Å²) in [7, 11) is 2.07. The molecule has 120 valence electrons. The van der Waals surface area contributed by atoms with Crippen molar-refractivity contribution >= 4 is 11.7 Å². The van der Waals surface area contributed by atoms with Crippen LogP contribution in [-0.4, -0.2) is 71.7 Å². The Morgan fingerprint density at radius 3 is 2.86 bits per heavy atom. The lowest BCUT2D eigenvalue weighted by Crippen LogP contribution is -2.49. The molecule has 0 unspecified atom stereocenters. The van der Waals surface area contributed by atoms with Gasteiger partial charge in [0.05, 0.1) is 6.54 Å². The molecule has 3 rings (SSSR count). The van der Waals surface area contributed by atoms with E-state index < -0.39 is 0 Å². The number of amides is 1. The van der Waals surface area contributed by atoms with E-state index in [4.69, 9.17) is 0 Å². The summed E-state index contributed by atoms with van der Waals surface area (Å²) in [4.78, 5) is 18.8. The third kappa shape index (κ3) is 3.55. The van der Waals surface area contributed by atoms with Crippen molar-refractivity contribution in [2.24, 2.45) is 0 Å². The van der Waals surface area contributed by atoms with Crippen LogP contribution in [0, 0.1) is 0 Å². The molecule has 0 saturated carbocycles. The highest BCUT2D eigenvalue weighted by atomic mass is 16.2. The number of aromatic nitrogens is 2. The predicted molar refractivity (Wildman–Crippen MR) is 85.7 cm³/mol. The largest absolute Gasteiger partial charge is 0.354 e. The lowest BCUT2D eigenvalue weighted by Gasteiger charge is -2.38. The van der Waals surface area contributed by atoms with Gasteiger partial charge in [-0.1, -0.05) is 0 Å². The number of anilines is 1. The average molecular weight is 303 g/mol. The molecule has 0 N–H and O–H groups in total. The molecule has 0 aliphatic carbocycles. The maximum Gasteiger partial charge on any atom is 0.236 e. The Bertz CT molecular complexity index is 489. The highest BCUT2D eigenvalue weighted by Crippen LogP contribution is 2.20. The Balaban J connectivity index is 1.55.